The van der Waals surface area contributed by atoms with Crippen molar-refractivity contribution in [3.05, 3.63) is 29.3 Å². The molecule has 0 unspecified atom stereocenters. The molecule has 1 fully saturated rings. The van der Waals surface area contributed by atoms with Gasteiger partial charge >= 0.3 is 5.97 Å². The molecule has 1 aliphatic rings. The Bertz CT molecular complexity index is 715. The summed E-state index contributed by atoms with van der Waals surface area (Å²) < 4.78 is 5.22. The Labute approximate surface area is 132 Å². The molecule has 2 rings (SSSR count). The third kappa shape index (κ3) is 3.55. The van der Waals surface area contributed by atoms with Gasteiger partial charge in [0.1, 0.15) is 17.9 Å². The molecule has 0 spiro atoms. The van der Waals surface area contributed by atoms with Crippen LogP contribution in [0.4, 0.5) is 0 Å². The number of Topliss-reactive ketones (excluding diaryl/α,β-unsaturated/α-hetero) is 1. The van der Waals surface area contributed by atoms with Crippen molar-refractivity contribution in [3.8, 4) is 18.1 Å². The number of ether oxygens (including phenoxy) is 1. The molecule has 1 heterocycles. The van der Waals surface area contributed by atoms with Crippen LogP contribution in [0, 0.1) is 12.3 Å². The summed E-state index contributed by atoms with van der Waals surface area (Å²) in [6.07, 6.45) is 5.08. The molecule has 0 atom stereocenters. The first-order chi connectivity index (χ1) is 10.9. The molecule has 0 aliphatic carbocycles. The summed E-state index contributed by atoms with van der Waals surface area (Å²) in [5.41, 5.74) is 0.157. The summed E-state index contributed by atoms with van der Waals surface area (Å²) in [6.45, 7) is 1.24. The van der Waals surface area contributed by atoms with Gasteiger partial charge in [-0.05, 0) is 25.1 Å². The summed E-state index contributed by atoms with van der Waals surface area (Å²) in [6, 6.07) is 4.14. The van der Waals surface area contributed by atoms with E-state index >= 15 is 0 Å². The zero-order valence-corrected chi connectivity index (χ0v) is 12.3. The van der Waals surface area contributed by atoms with Crippen molar-refractivity contribution in [2.24, 2.45) is 0 Å². The van der Waals surface area contributed by atoms with Crippen molar-refractivity contribution in [1.29, 1.82) is 0 Å². The highest BCUT2D eigenvalue weighted by Crippen LogP contribution is 2.23. The molecular formula is C16H13NO6. The third-order valence-corrected chi connectivity index (χ3v) is 3.10. The van der Waals surface area contributed by atoms with Crippen molar-refractivity contribution >= 4 is 23.6 Å². The largest absolute Gasteiger partial charge is 0.480 e. The van der Waals surface area contributed by atoms with Crippen LogP contribution in [-0.2, 0) is 14.4 Å². The lowest BCUT2D eigenvalue weighted by Gasteiger charge is -2.15. The van der Waals surface area contributed by atoms with Crippen molar-refractivity contribution < 1.29 is 28.8 Å². The predicted octanol–water partition coefficient (Wildman–Crippen LogP) is 1.12. The Hall–Kier alpha value is -3.14. The molecule has 0 aromatic heterocycles. The lowest BCUT2D eigenvalue weighted by Crippen LogP contribution is -2.32. The van der Waals surface area contributed by atoms with Crippen molar-refractivity contribution in [2.75, 3.05) is 6.61 Å². The standard InChI is InChI=1S/C16H13NO6/c1-3-8-22-13-5-4-11(10(2)18)9-12(13)16(21)23-17-14(19)6-7-15(17)20/h1,4-5,9H,6-8H2,2H3. The van der Waals surface area contributed by atoms with Gasteiger partial charge in [0.15, 0.2) is 5.78 Å². The minimum atomic E-state index is -0.983. The van der Waals surface area contributed by atoms with Crippen LogP contribution in [0.15, 0.2) is 18.2 Å². The van der Waals surface area contributed by atoms with Gasteiger partial charge in [-0.25, -0.2) is 4.79 Å². The van der Waals surface area contributed by atoms with Crippen molar-refractivity contribution in [2.45, 2.75) is 19.8 Å². The minimum Gasteiger partial charge on any atom is -0.480 e. The first kappa shape index (κ1) is 16.2. The van der Waals surface area contributed by atoms with Crippen molar-refractivity contribution in [1.82, 2.24) is 5.06 Å². The molecule has 1 aromatic rings. The lowest BCUT2D eigenvalue weighted by atomic mass is 10.1. The molecule has 1 aliphatic heterocycles. The molecule has 1 saturated heterocycles. The fraction of sp³-hybridized carbons (Fsp3) is 0.250. The molecule has 0 radical (unpaired) electrons. The highest BCUT2D eigenvalue weighted by atomic mass is 16.7. The number of amides is 2. The summed E-state index contributed by atoms with van der Waals surface area (Å²) in [4.78, 5) is 51.5. The number of rotatable bonds is 5. The van der Waals surface area contributed by atoms with Gasteiger partial charge in [-0.3, -0.25) is 14.4 Å². The molecule has 0 N–H and O–H groups in total. The zero-order valence-electron chi connectivity index (χ0n) is 12.3. The van der Waals surface area contributed by atoms with E-state index in [4.69, 9.17) is 16.0 Å². The first-order valence-electron chi connectivity index (χ1n) is 6.73. The van der Waals surface area contributed by atoms with Gasteiger partial charge in [0.25, 0.3) is 11.8 Å². The SMILES string of the molecule is C#CCOc1ccc(C(C)=O)cc1C(=O)ON1C(=O)CCC1=O. The molecule has 7 heteroatoms. The van der Waals surface area contributed by atoms with Crippen LogP contribution in [0.1, 0.15) is 40.5 Å². The van der Waals surface area contributed by atoms with E-state index in [-0.39, 0.29) is 42.1 Å². The average Bonchev–Trinajstić information content (AvgIpc) is 2.84. The fourth-order valence-corrected chi connectivity index (χ4v) is 1.94. The van der Waals surface area contributed by atoms with Gasteiger partial charge < -0.3 is 9.57 Å². The summed E-state index contributed by atoms with van der Waals surface area (Å²) in [5, 5.41) is 0.424. The Morgan fingerprint density at radius 1 is 1.26 bits per heavy atom. The minimum absolute atomic E-state index is 0.0138. The van der Waals surface area contributed by atoms with Crippen LogP contribution in [0.5, 0.6) is 5.75 Å². The number of benzene rings is 1. The van der Waals surface area contributed by atoms with Crippen molar-refractivity contribution in [3.63, 3.8) is 0 Å². The quantitative estimate of drug-likeness (QED) is 0.459. The Balaban J connectivity index is 2.30. The van der Waals surface area contributed by atoms with E-state index in [1.54, 1.807) is 0 Å². The Morgan fingerprint density at radius 3 is 2.48 bits per heavy atom. The maximum atomic E-state index is 12.2. The molecule has 7 nitrogen and oxygen atoms in total. The predicted molar refractivity (Wildman–Crippen MR) is 77.3 cm³/mol. The van der Waals surface area contributed by atoms with Crippen LogP contribution < -0.4 is 4.74 Å². The molecule has 23 heavy (non-hydrogen) atoms. The molecule has 1 aromatic carbocycles. The molecule has 0 bridgehead atoms. The van der Waals surface area contributed by atoms with Crippen LogP contribution in [0.3, 0.4) is 0 Å². The van der Waals surface area contributed by atoms with Crippen LogP contribution >= 0.6 is 0 Å². The number of hydrogen-bond donors (Lipinski definition) is 0. The number of terminal acetylenes is 1. The number of hydroxylamine groups is 2. The molecule has 0 saturated carbocycles. The topological polar surface area (TPSA) is 90.0 Å². The van der Waals surface area contributed by atoms with E-state index in [2.05, 4.69) is 5.92 Å². The highest BCUT2D eigenvalue weighted by Gasteiger charge is 2.33. The van der Waals surface area contributed by atoms with Gasteiger partial charge in [0.05, 0.1) is 0 Å². The summed E-state index contributed by atoms with van der Waals surface area (Å²) in [5.74, 6) is -0.109. The van der Waals surface area contributed by atoms with E-state index in [1.165, 1.54) is 25.1 Å². The van der Waals surface area contributed by atoms with Gasteiger partial charge in [-0.1, -0.05) is 5.92 Å². The van der Waals surface area contributed by atoms with Gasteiger partial charge in [0, 0.05) is 18.4 Å². The first-order valence-corrected chi connectivity index (χ1v) is 6.73. The molecule has 2 amide bonds. The zero-order chi connectivity index (χ0) is 17.0. The van der Waals surface area contributed by atoms with E-state index in [0.717, 1.165) is 0 Å². The van der Waals surface area contributed by atoms with E-state index in [1.807, 2.05) is 0 Å². The van der Waals surface area contributed by atoms with Crippen LogP contribution in [0.2, 0.25) is 0 Å². The smallest absolute Gasteiger partial charge is 0.367 e. The number of carbonyl (C=O) groups excluding carboxylic acids is 4. The van der Waals surface area contributed by atoms with Gasteiger partial charge in [-0.15, -0.1) is 11.5 Å². The maximum Gasteiger partial charge on any atom is 0.367 e. The number of carbonyl (C=O) groups is 4. The Kier molecular flexibility index (Phi) is 4.76. The molecule has 118 valence electrons. The van der Waals surface area contributed by atoms with Crippen LogP contribution in [0.25, 0.3) is 0 Å². The Morgan fingerprint density at radius 2 is 1.91 bits per heavy atom. The number of nitrogens with zero attached hydrogens (tertiary/aromatic N) is 1. The number of ketones is 1. The second-order valence-electron chi connectivity index (χ2n) is 4.72. The average molecular weight is 315 g/mol. The second-order valence-corrected chi connectivity index (χ2v) is 4.72. The number of hydrogen-bond acceptors (Lipinski definition) is 6. The molecular weight excluding hydrogens is 302 g/mol. The lowest BCUT2D eigenvalue weighted by molar-refractivity contribution is -0.172. The monoisotopic (exact) mass is 315 g/mol. The highest BCUT2D eigenvalue weighted by molar-refractivity contribution is 6.04. The van der Waals surface area contributed by atoms with Gasteiger partial charge in [-0.2, -0.15) is 0 Å². The normalized spacial score (nSPS) is 13.7. The van der Waals surface area contributed by atoms with E-state index < -0.39 is 17.8 Å². The third-order valence-electron chi connectivity index (χ3n) is 3.10. The second kappa shape index (κ2) is 6.75. The fourth-order valence-electron chi connectivity index (χ4n) is 1.94. The summed E-state index contributed by atoms with van der Waals surface area (Å²) in [7, 11) is 0. The van der Waals surface area contributed by atoms with E-state index in [9.17, 15) is 19.2 Å². The van der Waals surface area contributed by atoms with Gasteiger partial charge in [0.2, 0.25) is 0 Å². The van der Waals surface area contributed by atoms with Crippen LogP contribution in [-0.4, -0.2) is 35.2 Å². The van der Waals surface area contributed by atoms with E-state index in [0.29, 0.717) is 5.06 Å². The number of imide groups is 1. The summed E-state index contributed by atoms with van der Waals surface area (Å²) >= 11 is 0. The maximum absolute atomic E-state index is 12.2.